The van der Waals surface area contributed by atoms with E-state index in [1.54, 1.807) is 6.08 Å². The number of aliphatic hydroxyl groups excluding tert-OH is 5. The fourth-order valence-corrected chi connectivity index (χ4v) is 9.34. The minimum Gasteiger partial charge on any atom is -0.394 e. The van der Waals surface area contributed by atoms with Crippen LogP contribution in [0, 0.1) is 0 Å². The Morgan fingerprint density at radius 2 is 0.846 bits per heavy atom. The van der Waals surface area contributed by atoms with Gasteiger partial charge in [-0.1, -0.05) is 270 Å². The largest absolute Gasteiger partial charge is 0.394 e. The van der Waals surface area contributed by atoms with Gasteiger partial charge in [-0.2, -0.15) is 0 Å². The van der Waals surface area contributed by atoms with Crippen molar-refractivity contribution in [1.82, 2.24) is 5.32 Å². The lowest BCUT2D eigenvalue weighted by atomic mass is 9.99. The third-order valence-corrected chi connectivity index (χ3v) is 13.9. The van der Waals surface area contributed by atoms with Crippen molar-refractivity contribution in [3.63, 3.8) is 0 Å². The van der Waals surface area contributed by atoms with E-state index in [2.05, 4.69) is 19.2 Å². The van der Waals surface area contributed by atoms with E-state index in [4.69, 9.17) is 9.47 Å². The van der Waals surface area contributed by atoms with Crippen LogP contribution in [-0.4, -0.2) is 87.5 Å². The van der Waals surface area contributed by atoms with Crippen LogP contribution in [0.1, 0.15) is 284 Å². The summed E-state index contributed by atoms with van der Waals surface area (Å²) in [6.07, 6.45) is 50.4. The maximum atomic E-state index is 13.0. The van der Waals surface area contributed by atoms with Crippen molar-refractivity contribution < 1.29 is 39.8 Å². The number of carbonyl (C=O) groups excluding carboxylic acids is 1. The Bertz CT molecular complexity index is 1030. The third kappa shape index (κ3) is 36.6. The molecule has 1 heterocycles. The zero-order valence-electron chi connectivity index (χ0n) is 42.8. The van der Waals surface area contributed by atoms with Gasteiger partial charge in [0.25, 0.3) is 0 Å². The molecule has 65 heavy (non-hydrogen) atoms. The van der Waals surface area contributed by atoms with Gasteiger partial charge in [-0.15, -0.1) is 0 Å². The van der Waals surface area contributed by atoms with Crippen LogP contribution in [0.4, 0.5) is 0 Å². The van der Waals surface area contributed by atoms with E-state index in [1.807, 2.05) is 6.08 Å². The van der Waals surface area contributed by atoms with Crippen LogP contribution in [0.3, 0.4) is 0 Å². The predicted molar refractivity (Wildman–Crippen MR) is 272 cm³/mol. The molecule has 7 unspecified atom stereocenters. The van der Waals surface area contributed by atoms with Crippen molar-refractivity contribution in [3.05, 3.63) is 12.2 Å². The second-order valence-electron chi connectivity index (χ2n) is 20.1. The van der Waals surface area contributed by atoms with E-state index in [0.29, 0.717) is 6.42 Å². The molecule has 7 atom stereocenters. The Kier molecular flexibility index (Phi) is 44.5. The van der Waals surface area contributed by atoms with E-state index in [1.165, 1.54) is 225 Å². The smallest absolute Gasteiger partial charge is 0.220 e. The van der Waals surface area contributed by atoms with Crippen molar-refractivity contribution in [2.75, 3.05) is 13.2 Å². The van der Waals surface area contributed by atoms with E-state index in [-0.39, 0.29) is 12.5 Å². The van der Waals surface area contributed by atoms with Crippen molar-refractivity contribution in [2.24, 2.45) is 0 Å². The number of hydrogen-bond donors (Lipinski definition) is 6. The molecule has 1 aliphatic heterocycles. The molecule has 1 saturated heterocycles. The molecule has 0 aliphatic carbocycles. The molecule has 0 bridgehead atoms. The molecule has 6 N–H and O–H groups in total. The molecule has 386 valence electrons. The number of unbranched alkanes of at least 4 members (excludes halogenated alkanes) is 39. The lowest BCUT2D eigenvalue weighted by molar-refractivity contribution is -0.302. The molecule has 0 spiro atoms. The summed E-state index contributed by atoms with van der Waals surface area (Å²) in [6, 6.07) is -0.798. The summed E-state index contributed by atoms with van der Waals surface area (Å²) in [4.78, 5) is 13.0. The topological polar surface area (TPSA) is 149 Å². The van der Waals surface area contributed by atoms with Crippen LogP contribution < -0.4 is 5.32 Å². The first kappa shape index (κ1) is 61.9. The summed E-state index contributed by atoms with van der Waals surface area (Å²) >= 11 is 0. The highest BCUT2D eigenvalue weighted by Gasteiger charge is 2.44. The van der Waals surface area contributed by atoms with Crippen LogP contribution in [0.25, 0.3) is 0 Å². The first-order valence-electron chi connectivity index (χ1n) is 28.4. The first-order chi connectivity index (χ1) is 31.8. The number of ether oxygens (including phenoxy) is 2. The van der Waals surface area contributed by atoms with Crippen LogP contribution in [0.5, 0.6) is 0 Å². The van der Waals surface area contributed by atoms with E-state index in [0.717, 1.165) is 38.5 Å². The lowest BCUT2D eigenvalue weighted by Gasteiger charge is -2.40. The number of nitrogens with one attached hydrogen (secondary N) is 1. The minimum absolute atomic E-state index is 0.173. The quantitative estimate of drug-likeness (QED) is 0.0261. The molecule has 0 aromatic rings. The van der Waals surface area contributed by atoms with Crippen LogP contribution in [-0.2, 0) is 14.3 Å². The van der Waals surface area contributed by atoms with Gasteiger partial charge in [-0.05, 0) is 19.3 Å². The molecule has 0 aromatic carbocycles. The zero-order chi connectivity index (χ0) is 47.3. The molecule has 1 amide bonds. The molecule has 9 heteroatoms. The van der Waals surface area contributed by atoms with Crippen molar-refractivity contribution >= 4 is 5.91 Å². The number of rotatable bonds is 49. The number of aliphatic hydroxyl groups is 5. The summed E-state index contributed by atoms with van der Waals surface area (Å²) in [6.45, 7) is 3.77. The maximum absolute atomic E-state index is 13.0. The van der Waals surface area contributed by atoms with E-state index < -0.39 is 49.5 Å². The lowest BCUT2D eigenvalue weighted by Crippen LogP contribution is -2.60. The monoisotopic (exact) mass is 924 g/mol. The second kappa shape index (κ2) is 46.6. The Morgan fingerprint density at radius 1 is 0.508 bits per heavy atom. The van der Waals surface area contributed by atoms with E-state index >= 15 is 0 Å². The molecule has 1 fully saturated rings. The Balaban J connectivity index is 2.04. The van der Waals surface area contributed by atoms with Gasteiger partial charge in [0.05, 0.1) is 25.4 Å². The molecule has 0 aromatic heterocycles. The van der Waals surface area contributed by atoms with Crippen LogP contribution >= 0.6 is 0 Å². The van der Waals surface area contributed by atoms with Crippen molar-refractivity contribution in [3.8, 4) is 0 Å². The highest BCUT2D eigenvalue weighted by atomic mass is 16.7. The predicted octanol–water partition coefficient (Wildman–Crippen LogP) is 13.6. The molecule has 1 aliphatic rings. The fourth-order valence-electron chi connectivity index (χ4n) is 9.34. The molecule has 1 rings (SSSR count). The van der Waals surface area contributed by atoms with Gasteiger partial charge in [0, 0.05) is 6.42 Å². The Labute approximate surface area is 401 Å². The molecule has 0 saturated carbocycles. The number of hydrogen-bond acceptors (Lipinski definition) is 8. The normalized spacial score (nSPS) is 19.9. The number of allylic oxidation sites excluding steroid dienone is 1. The van der Waals surface area contributed by atoms with Crippen molar-refractivity contribution in [1.29, 1.82) is 0 Å². The van der Waals surface area contributed by atoms with Gasteiger partial charge in [0.2, 0.25) is 5.91 Å². The van der Waals surface area contributed by atoms with Crippen molar-refractivity contribution in [2.45, 2.75) is 326 Å². The highest BCUT2D eigenvalue weighted by Crippen LogP contribution is 2.23. The maximum Gasteiger partial charge on any atom is 0.220 e. The summed E-state index contributed by atoms with van der Waals surface area (Å²) < 4.78 is 11.2. The van der Waals surface area contributed by atoms with E-state index in [9.17, 15) is 30.3 Å². The zero-order valence-corrected chi connectivity index (χ0v) is 42.8. The summed E-state index contributed by atoms with van der Waals surface area (Å²) in [5.41, 5.74) is 0. The van der Waals surface area contributed by atoms with Gasteiger partial charge in [-0.25, -0.2) is 0 Å². The first-order valence-corrected chi connectivity index (χ1v) is 28.4. The van der Waals surface area contributed by atoms with Crippen LogP contribution in [0.15, 0.2) is 12.2 Å². The SMILES string of the molecule is CCCCCCCCC/C=C/C(O)C(COC1OC(CO)C(O)C(O)C1O)NC(=O)CCCCCCCCCCCCCCCCCCCCCCCCCCCCCCCCCCC. The Morgan fingerprint density at radius 3 is 1.20 bits per heavy atom. The average Bonchev–Trinajstić information content (AvgIpc) is 3.31. The molecular weight excluding hydrogens is 815 g/mol. The molecule has 9 nitrogen and oxygen atoms in total. The van der Waals surface area contributed by atoms with Gasteiger partial charge in [0.1, 0.15) is 24.4 Å². The molecule has 0 radical (unpaired) electrons. The third-order valence-electron chi connectivity index (χ3n) is 13.9. The standard InChI is InChI=1S/C56H109NO8/c1-3-5-7-9-11-13-14-15-16-17-18-19-20-21-22-23-24-25-26-27-28-29-30-31-32-33-34-35-36-38-40-42-44-46-52(60)57-49(50(59)45-43-41-39-37-12-10-8-6-4-2)48-64-56-55(63)54(62)53(61)51(47-58)65-56/h43,45,49-51,53-56,58-59,61-63H,3-42,44,46-48H2,1-2H3,(H,57,60)/b45-43+. The number of carbonyl (C=O) groups is 1. The van der Waals surface area contributed by atoms with Gasteiger partial charge in [-0.3, -0.25) is 4.79 Å². The second-order valence-corrected chi connectivity index (χ2v) is 20.1. The summed E-state index contributed by atoms with van der Waals surface area (Å²) in [5.74, 6) is -0.173. The average molecular weight is 924 g/mol. The number of amides is 1. The fraction of sp³-hybridized carbons (Fsp3) is 0.946. The summed E-state index contributed by atoms with van der Waals surface area (Å²) in [5, 5.41) is 54.2. The molecular formula is C56H109NO8. The highest BCUT2D eigenvalue weighted by molar-refractivity contribution is 5.76. The summed E-state index contributed by atoms with van der Waals surface area (Å²) in [7, 11) is 0. The minimum atomic E-state index is -1.56. The Hall–Kier alpha value is -1.07. The van der Waals surface area contributed by atoms with Gasteiger partial charge < -0.3 is 40.3 Å². The van der Waals surface area contributed by atoms with Gasteiger partial charge >= 0.3 is 0 Å². The van der Waals surface area contributed by atoms with Gasteiger partial charge in [0.15, 0.2) is 6.29 Å². The van der Waals surface area contributed by atoms with Crippen LogP contribution in [0.2, 0.25) is 0 Å².